The maximum Gasteiger partial charge on any atom is 0.0934 e. The fraction of sp³-hybridized carbons (Fsp3) is 0. The van der Waals surface area contributed by atoms with Crippen LogP contribution in [0.15, 0.2) is 45.2 Å². The van der Waals surface area contributed by atoms with E-state index < -0.39 is 0 Å². The second-order valence-corrected chi connectivity index (χ2v) is 6.06. The van der Waals surface area contributed by atoms with Crippen LogP contribution in [0.25, 0.3) is 5.57 Å². The SMILES string of the molecule is Nc1cc(C(=CBr)c2ccccc2)sc1Br. The first kappa shape index (κ1) is 11.9. The van der Waals surface area contributed by atoms with Gasteiger partial charge < -0.3 is 5.73 Å². The van der Waals surface area contributed by atoms with Gasteiger partial charge in [-0.1, -0.05) is 46.3 Å². The number of hydrogen-bond donors (Lipinski definition) is 1. The van der Waals surface area contributed by atoms with Crippen LogP contribution < -0.4 is 5.73 Å². The van der Waals surface area contributed by atoms with Crippen LogP contribution in [0.3, 0.4) is 0 Å². The van der Waals surface area contributed by atoms with Gasteiger partial charge in [-0.2, -0.15) is 0 Å². The summed E-state index contributed by atoms with van der Waals surface area (Å²) in [5.74, 6) is 0. The zero-order valence-electron chi connectivity index (χ0n) is 8.28. The standard InChI is InChI=1S/C12H9Br2NS/c13-7-9(8-4-2-1-3-5-8)11-6-10(15)12(14)16-11/h1-7H,15H2. The highest BCUT2D eigenvalue weighted by atomic mass is 79.9. The number of anilines is 1. The van der Waals surface area contributed by atoms with E-state index in [1.54, 1.807) is 11.3 Å². The number of hydrogen-bond acceptors (Lipinski definition) is 2. The van der Waals surface area contributed by atoms with E-state index in [1.165, 1.54) is 5.56 Å². The smallest absolute Gasteiger partial charge is 0.0934 e. The van der Waals surface area contributed by atoms with Gasteiger partial charge in [0.05, 0.1) is 9.47 Å². The maximum atomic E-state index is 5.83. The number of benzene rings is 1. The quantitative estimate of drug-likeness (QED) is 0.813. The Morgan fingerprint density at radius 2 is 1.94 bits per heavy atom. The molecule has 1 aromatic carbocycles. The van der Waals surface area contributed by atoms with Crippen molar-refractivity contribution in [2.75, 3.05) is 5.73 Å². The third-order valence-corrected chi connectivity index (χ3v) is 4.55. The van der Waals surface area contributed by atoms with Crippen molar-refractivity contribution in [3.05, 3.63) is 55.6 Å². The zero-order chi connectivity index (χ0) is 11.5. The van der Waals surface area contributed by atoms with E-state index in [0.717, 1.165) is 19.9 Å². The number of thiophene rings is 1. The molecule has 0 bridgehead atoms. The van der Waals surface area contributed by atoms with Gasteiger partial charge in [0, 0.05) is 10.5 Å². The van der Waals surface area contributed by atoms with Gasteiger partial charge in [-0.05, 0) is 32.5 Å². The minimum atomic E-state index is 0.780. The third kappa shape index (κ3) is 2.39. The molecular weight excluding hydrogens is 350 g/mol. The highest BCUT2D eigenvalue weighted by molar-refractivity contribution is 9.11. The van der Waals surface area contributed by atoms with Crippen molar-refractivity contribution in [2.45, 2.75) is 0 Å². The summed E-state index contributed by atoms with van der Waals surface area (Å²) in [6.07, 6.45) is 0. The van der Waals surface area contributed by atoms with Gasteiger partial charge in [-0.15, -0.1) is 11.3 Å². The summed E-state index contributed by atoms with van der Waals surface area (Å²) in [7, 11) is 0. The Morgan fingerprint density at radius 1 is 1.25 bits per heavy atom. The highest BCUT2D eigenvalue weighted by Crippen LogP contribution is 2.37. The molecule has 0 spiro atoms. The van der Waals surface area contributed by atoms with E-state index in [2.05, 4.69) is 44.0 Å². The lowest BCUT2D eigenvalue weighted by Gasteiger charge is -2.03. The number of rotatable bonds is 2. The molecule has 2 N–H and O–H groups in total. The molecule has 82 valence electrons. The van der Waals surface area contributed by atoms with Gasteiger partial charge in [0.15, 0.2) is 0 Å². The van der Waals surface area contributed by atoms with Crippen LogP contribution in [0.5, 0.6) is 0 Å². The van der Waals surface area contributed by atoms with Crippen molar-refractivity contribution in [1.29, 1.82) is 0 Å². The largest absolute Gasteiger partial charge is 0.397 e. The van der Waals surface area contributed by atoms with Gasteiger partial charge in [-0.25, -0.2) is 0 Å². The van der Waals surface area contributed by atoms with E-state index in [9.17, 15) is 0 Å². The summed E-state index contributed by atoms with van der Waals surface area (Å²) in [6, 6.07) is 12.2. The van der Waals surface area contributed by atoms with Crippen LogP contribution >= 0.6 is 43.2 Å². The molecular formula is C12H9Br2NS. The van der Waals surface area contributed by atoms with Crippen molar-refractivity contribution in [1.82, 2.24) is 0 Å². The van der Waals surface area contributed by atoms with E-state index in [0.29, 0.717) is 0 Å². The number of nitrogens with two attached hydrogens (primary N) is 1. The Morgan fingerprint density at radius 3 is 2.44 bits per heavy atom. The molecule has 16 heavy (non-hydrogen) atoms. The lowest BCUT2D eigenvalue weighted by Crippen LogP contribution is -1.83. The predicted molar refractivity (Wildman–Crippen MR) is 78.9 cm³/mol. The molecule has 2 rings (SSSR count). The molecule has 0 saturated carbocycles. The van der Waals surface area contributed by atoms with Crippen LogP contribution in [0.1, 0.15) is 10.4 Å². The topological polar surface area (TPSA) is 26.0 Å². The van der Waals surface area contributed by atoms with Crippen molar-refractivity contribution >= 4 is 54.5 Å². The van der Waals surface area contributed by atoms with Crippen molar-refractivity contribution in [2.24, 2.45) is 0 Å². The van der Waals surface area contributed by atoms with Gasteiger partial charge in [0.2, 0.25) is 0 Å². The molecule has 0 unspecified atom stereocenters. The summed E-state index contributed by atoms with van der Waals surface area (Å²) in [5, 5.41) is 0. The molecule has 1 heterocycles. The van der Waals surface area contributed by atoms with Gasteiger partial charge >= 0.3 is 0 Å². The second-order valence-electron chi connectivity index (χ2n) is 3.23. The molecule has 0 atom stereocenters. The number of nitrogen functional groups attached to an aromatic ring is 1. The molecule has 0 radical (unpaired) electrons. The third-order valence-electron chi connectivity index (χ3n) is 2.17. The molecule has 0 fully saturated rings. The second kappa shape index (κ2) is 5.17. The van der Waals surface area contributed by atoms with Gasteiger partial charge in [-0.3, -0.25) is 0 Å². The minimum Gasteiger partial charge on any atom is -0.397 e. The van der Waals surface area contributed by atoms with Gasteiger partial charge in [0.1, 0.15) is 0 Å². The van der Waals surface area contributed by atoms with Gasteiger partial charge in [0.25, 0.3) is 0 Å². The summed E-state index contributed by atoms with van der Waals surface area (Å²) in [4.78, 5) is 3.08. The fourth-order valence-electron chi connectivity index (χ4n) is 1.39. The van der Waals surface area contributed by atoms with Crippen molar-refractivity contribution in [3.8, 4) is 0 Å². The molecule has 1 nitrogen and oxygen atoms in total. The minimum absolute atomic E-state index is 0.780. The predicted octanol–water partition coefficient (Wildman–Crippen LogP) is 4.88. The normalized spacial score (nSPS) is 11.8. The van der Waals surface area contributed by atoms with Crippen molar-refractivity contribution < 1.29 is 0 Å². The van der Waals surface area contributed by atoms with Crippen LogP contribution in [0.2, 0.25) is 0 Å². The Balaban J connectivity index is 2.46. The monoisotopic (exact) mass is 357 g/mol. The first-order valence-corrected chi connectivity index (χ1v) is 7.16. The van der Waals surface area contributed by atoms with E-state index in [4.69, 9.17) is 5.73 Å². The van der Waals surface area contributed by atoms with E-state index in [1.807, 2.05) is 29.3 Å². The van der Waals surface area contributed by atoms with E-state index in [-0.39, 0.29) is 0 Å². The first-order valence-electron chi connectivity index (χ1n) is 4.63. The summed E-state index contributed by atoms with van der Waals surface area (Å²) < 4.78 is 0.977. The molecule has 0 aliphatic heterocycles. The first-order chi connectivity index (χ1) is 7.72. The van der Waals surface area contributed by atoms with Crippen LogP contribution in [-0.4, -0.2) is 0 Å². The molecule has 0 aliphatic carbocycles. The Kier molecular flexibility index (Phi) is 3.84. The molecule has 4 heteroatoms. The Hall–Kier alpha value is -0.580. The summed E-state index contributed by atoms with van der Waals surface area (Å²) in [6.45, 7) is 0. The lowest BCUT2D eigenvalue weighted by atomic mass is 10.1. The molecule has 2 aromatic rings. The Bertz CT molecular complexity index is 498. The van der Waals surface area contributed by atoms with E-state index >= 15 is 0 Å². The average Bonchev–Trinajstić information content (AvgIpc) is 2.61. The molecule has 0 saturated heterocycles. The summed E-state index contributed by atoms with van der Waals surface area (Å²) >= 11 is 8.48. The van der Waals surface area contributed by atoms with Crippen LogP contribution in [0.4, 0.5) is 5.69 Å². The molecule has 1 aromatic heterocycles. The van der Waals surface area contributed by atoms with Crippen LogP contribution in [-0.2, 0) is 0 Å². The van der Waals surface area contributed by atoms with Crippen molar-refractivity contribution in [3.63, 3.8) is 0 Å². The molecule has 0 aliphatic rings. The number of halogens is 2. The highest BCUT2D eigenvalue weighted by Gasteiger charge is 2.09. The zero-order valence-corrected chi connectivity index (χ0v) is 12.3. The summed E-state index contributed by atoms with van der Waals surface area (Å²) in [5.41, 5.74) is 8.93. The molecule has 0 amide bonds. The fourth-order valence-corrected chi connectivity index (χ4v) is 3.53. The van der Waals surface area contributed by atoms with Crippen LogP contribution in [0, 0.1) is 0 Å². The lowest BCUT2D eigenvalue weighted by molar-refractivity contribution is 1.61. The Labute approximate surface area is 115 Å². The average molecular weight is 359 g/mol. The maximum absolute atomic E-state index is 5.83.